The Balaban J connectivity index is 1.33. The highest BCUT2D eigenvalue weighted by atomic mass is 16.5. The molecule has 8 heteroatoms. The van der Waals surface area contributed by atoms with E-state index in [1.807, 2.05) is 35.2 Å². The first-order chi connectivity index (χ1) is 14.2. The number of hydrogen-bond donors (Lipinski definition) is 0. The zero-order valence-corrected chi connectivity index (χ0v) is 15.6. The summed E-state index contributed by atoms with van der Waals surface area (Å²) in [6, 6.07) is 13.0. The van der Waals surface area contributed by atoms with Crippen LogP contribution in [-0.2, 0) is 9.53 Å². The third-order valence-corrected chi connectivity index (χ3v) is 6.36. The van der Waals surface area contributed by atoms with Gasteiger partial charge in [-0.05, 0) is 11.6 Å². The molecule has 0 N–H and O–H groups in total. The SMILES string of the molecule is O=C(c1cc2ncccn2n1)N1CC[C@@]23OC[C@@H](c4ccccc4)N2C(=O)C[C@@H]13. The number of carbonyl (C=O) groups is 2. The van der Waals surface area contributed by atoms with Crippen molar-refractivity contribution in [2.75, 3.05) is 13.2 Å². The summed E-state index contributed by atoms with van der Waals surface area (Å²) in [5.41, 5.74) is 1.29. The molecule has 6 rings (SSSR count). The van der Waals surface area contributed by atoms with E-state index in [0.29, 0.717) is 30.9 Å². The monoisotopic (exact) mass is 389 g/mol. The van der Waals surface area contributed by atoms with E-state index in [-0.39, 0.29) is 30.3 Å². The number of amides is 2. The molecule has 146 valence electrons. The molecule has 1 spiro atoms. The predicted octanol–water partition coefficient (Wildman–Crippen LogP) is 1.64. The molecule has 1 aromatic carbocycles. The van der Waals surface area contributed by atoms with Gasteiger partial charge in [-0.3, -0.25) is 9.59 Å². The summed E-state index contributed by atoms with van der Waals surface area (Å²) in [4.78, 5) is 34.1. The number of aromatic nitrogens is 3. The Morgan fingerprint density at radius 2 is 2.07 bits per heavy atom. The van der Waals surface area contributed by atoms with Gasteiger partial charge in [0.2, 0.25) is 5.91 Å². The van der Waals surface area contributed by atoms with Crippen LogP contribution in [0.5, 0.6) is 0 Å². The second kappa shape index (κ2) is 5.87. The van der Waals surface area contributed by atoms with Crippen molar-refractivity contribution < 1.29 is 14.3 Å². The van der Waals surface area contributed by atoms with Crippen molar-refractivity contribution in [2.45, 2.75) is 30.7 Å². The molecule has 3 fully saturated rings. The Morgan fingerprint density at radius 1 is 1.21 bits per heavy atom. The van der Waals surface area contributed by atoms with Gasteiger partial charge in [-0.1, -0.05) is 30.3 Å². The molecule has 0 saturated carbocycles. The highest BCUT2D eigenvalue weighted by Crippen LogP contribution is 2.51. The second-order valence-corrected chi connectivity index (χ2v) is 7.77. The summed E-state index contributed by atoms with van der Waals surface area (Å²) < 4.78 is 7.86. The smallest absolute Gasteiger partial charge is 0.274 e. The lowest BCUT2D eigenvalue weighted by Gasteiger charge is -2.33. The van der Waals surface area contributed by atoms with Gasteiger partial charge in [0.05, 0.1) is 25.1 Å². The molecule has 8 nitrogen and oxygen atoms in total. The fourth-order valence-corrected chi connectivity index (χ4v) is 5.09. The van der Waals surface area contributed by atoms with Gasteiger partial charge in [0.25, 0.3) is 5.91 Å². The van der Waals surface area contributed by atoms with Crippen molar-refractivity contribution in [2.24, 2.45) is 0 Å². The first-order valence-electron chi connectivity index (χ1n) is 9.80. The largest absolute Gasteiger partial charge is 0.351 e. The van der Waals surface area contributed by atoms with E-state index in [4.69, 9.17) is 4.74 Å². The minimum Gasteiger partial charge on any atom is -0.351 e. The van der Waals surface area contributed by atoms with Gasteiger partial charge >= 0.3 is 0 Å². The third kappa shape index (κ3) is 2.23. The molecule has 2 amide bonds. The minimum absolute atomic E-state index is 0.0375. The van der Waals surface area contributed by atoms with Gasteiger partial charge in [0.15, 0.2) is 17.1 Å². The second-order valence-electron chi connectivity index (χ2n) is 7.77. The van der Waals surface area contributed by atoms with E-state index in [9.17, 15) is 9.59 Å². The topological polar surface area (TPSA) is 80.0 Å². The zero-order valence-electron chi connectivity index (χ0n) is 15.6. The predicted molar refractivity (Wildman–Crippen MR) is 102 cm³/mol. The summed E-state index contributed by atoms with van der Waals surface area (Å²) in [6.45, 7) is 0.989. The summed E-state index contributed by atoms with van der Waals surface area (Å²) in [5, 5.41) is 4.36. The Bertz CT molecular complexity index is 1100. The van der Waals surface area contributed by atoms with Crippen LogP contribution in [0.2, 0.25) is 0 Å². The van der Waals surface area contributed by atoms with Crippen LogP contribution in [0.25, 0.3) is 5.65 Å². The van der Waals surface area contributed by atoms with Crippen LogP contribution in [-0.4, -0.2) is 61.1 Å². The molecule has 5 heterocycles. The molecule has 3 aliphatic heterocycles. The van der Waals surface area contributed by atoms with E-state index < -0.39 is 5.72 Å². The Labute approximate surface area is 166 Å². The van der Waals surface area contributed by atoms with Crippen molar-refractivity contribution in [3.05, 3.63) is 66.1 Å². The van der Waals surface area contributed by atoms with Gasteiger partial charge in [-0.25, -0.2) is 9.50 Å². The van der Waals surface area contributed by atoms with Crippen molar-refractivity contribution in [1.29, 1.82) is 0 Å². The van der Waals surface area contributed by atoms with Crippen molar-refractivity contribution in [3.63, 3.8) is 0 Å². The van der Waals surface area contributed by atoms with E-state index in [2.05, 4.69) is 10.1 Å². The lowest BCUT2D eigenvalue weighted by molar-refractivity contribution is -0.138. The lowest BCUT2D eigenvalue weighted by Crippen LogP contribution is -2.49. The van der Waals surface area contributed by atoms with Gasteiger partial charge in [0.1, 0.15) is 0 Å². The molecular formula is C21H19N5O3. The first-order valence-corrected chi connectivity index (χ1v) is 9.80. The Kier molecular flexibility index (Phi) is 3.37. The van der Waals surface area contributed by atoms with E-state index in [0.717, 1.165) is 5.56 Å². The molecule has 3 aliphatic rings. The summed E-state index contributed by atoms with van der Waals surface area (Å²) in [7, 11) is 0. The summed E-state index contributed by atoms with van der Waals surface area (Å²) in [6.07, 6.45) is 4.32. The number of carbonyl (C=O) groups excluding carboxylic acids is 2. The van der Waals surface area contributed by atoms with Crippen LogP contribution in [0.3, 0.4) is 0 Å². The van der Waals surface area contributed by atoms with Crippen molar-refractivity contribution in [3.8, 4) is 0 Å². The fourth-order valence-electron chi connectivity index (χ4n) is 5.09. The number of ether oxygens (including phenoxy) is 1. The van der Waals surface area contributed by atoms with Crippen molar-refractivity contribution in [1.82, 2.24) is 24.4 Å². The number of nitrogens with zero attached hydrogens (tertiary/aromatic N) is 5. The normalized spacial score (nSPS) is 28.2. The third-order valence-electron chi connectivity index (χ3n) is 6.36. The van der Waals surface area contributed by atoms with E-state index in [1.54, 1.807) is 33.9 Å². The zero-order chi connectivity index (χ0) is 19.6. The lowest BCUT2D eigenvalue weighted by atomic mass is 10.0. The number of hydrogen-bond acceptors (Lipinski definition) is 5. The Morgan fingerprint density at radius 3 is 2.90 bits per heavy atom. The number of benzene rings is 1. The molecule has 2 aromatic heterocycles. The van der Waals surface area contributed by atoms with Crippen LogP contribution in [0.1, 0.15) is 34.9 Å². The van der Waals surface area contributed by atoms with E-state index in [1.165, 1.54) is 0 Å². The van der Waals surface area contributed by atoms with Crippen molar-refractivity contribution >= 4 is 17.5 Å². The molecule has 29 heavy (non-hydrogen) atoms. The average Bonchev–Trinajstić information content (AvgIpc) is 3.48. The van der Waals surface area contributed by atoms with E-state index >= 15 is 0 Å². The maximum atomic E-state index is 13.2. The molecule has 3 aromatic rings. The molecule has 3 atom stereocenters. The molecule has 0 unspecified atom stereocenters. The van der Waals surface area contributed by atoms with Gasteiger partial charge < -0.3 is 14.5 Å². The number of rotatable bonds is 2. The molecule has 0 radical (unpaired) electrons. The van der Waals surface area contributed by atoms with Crippen LogP contribution in [0, 0.1) is 0 Å². The number of likely N-dealkylation sites (tertiary alicyclic amines) is 1. The maximum absolute atomic E-state index is 13.2. The first kappa shape index (κ1) is 16.7. The highest BCUT2D eigenvalue weighted by molar-refractivity contribution is 5.95. The summed E-state index contributed by atoms with van der Waals surface area (Å²) >= 11 is 0. The van der Waals surface area contributed by atoms with Crippen LogP contribution < -0.4 is 0 Å². The maximum Gasteiger partial charge on any atom is 0.274 e. The molecule has 0 bridgehead atoms. The van der Waals surface area contributed by atoms with Crippen LogP contribution >= 0.6 is 0 Å². The Hall–Kier alpha value is -3.26. The standard InChI is InChI=1S/C21H19N5O3/c27-19-12-17-21(26(19)16(13-29-21)14-5-2-1-3-6-14)7-10-24(17)20(28)15-11-18-22-8-4-9-25(18)23-15/h1-6,8-9,11,16-17H,7,10,12-13H2/t16-,17+,21-/m0/s1. The van der Waals surface area contributed by atoms with Gasteiger partial charge in [-0.2, -0.15) is 5.10 Å². The van der Waals surface area contributed by atoms with Gasteiger partial charge in [0, 0.05) is 31.4 Å². The number of fused-ring (bicyclic) bond motifs is 1. The van der Waals surface area contributed by atoms with Crippen LogP contribution in [0.4, 0.5) is 0 Å². The van der Waals surface area contributed by atoms with Gasteiger partial charge in [-0.15, -0.1) is 0 Å². The molecular weight excluding hydrogens is 370 g/mol. The fraction of sp³-hybridized carbons (Fsp3) is 0.333. The molecule has 3 saturated heterocycles. The average molecular weight is 389 g/mol. The quantitative estimate of drug-likeness (QED) is 0.666. The summed E-state index contributed by atoms with van der Waals surface area (Å²) in [5.74, 6) is -0.144. The highest BCUT2D eigenvalue weighted by Gasteiger charge is 2.65. The minimum atomic E-state index is -0.731. The van der Waals surface area contributed by atoms with Crippen LogP contribution in [0.15, 0.2) is 54.9 Å². The molecule has 0 aliphatic carbocycles.